The Morgan fingerprint density at radius 3 is 0.735 bits per heavy atom. The van der Waals surface area contributed by atoms with Crippen LogP contribution in [-0.4, -0.2) is 14.2 Å². The van der Waals surface area contributed by atoms with Gasteiger partial charge >= 0.3 is 19.5 Å². The van der Waals surface area contributed by atoms with Crippen LogP contribution in [0.2, 0.25) is 0 Å². The minimum absolute atomic E-state index is 0. The van der Waals surface area contributed by atoms with Crippen LogP contribution in [0, 0.1) is 51.8 Å². The third-order valence-electron chi connectivity index (χ3n) is 12.6. The fraction of sp³-hybridized carbons (Fsp3) is 1.00. The van der Waals surface area contributed by atoms with Gasteiger partial charge in [0.1, 0.15) is 0 Å². The van der Waals surface area contributed by atoms with Crippen LogP contribution in [0.3, 0.4) is 0 Å². The third kappa shape index (κ3) is 4.90. The quantitative estimate of drug-likeness (QED) is 0.200. The van der Waals surface area contributed by atoms with Crippen LogP contribution in [0.4, 0.5) is 0 Å². The Bertz CT molecular complexity index is 620. The molecule has 0 N–H and O–H groups in total. The maximum absolute atomic E-state index is 5.60. The van der Waals surface area contributed by atoms with Crippen LogP contribution in [0.1, 0.15) is 120 Å². The van der Waals surface area contributed by atoms with Gasteiger partial charge in [-0.2, -0.15) is 14.2 Å². The van der Waals surface area contributed by atoms with Crippen molar-refractivity contribution in [1.82, 2.24) is 0 Å². The Morgan fingerprint density at radius 2 is 0.647 bits per heavy atom. The second-order valence-corrected chi connectivity index (χ2v) is 18.3. The van der Waals surface area contributed by atoms with Crippen molar-refractivity contribution in [3.8, 4) is 0 Å². The molecule has 0 nitrogen and oxygen atoms in total. The minimum Gasteiger partial charge on any atom is -0.786 e. The molecule has 9 atom stereocenters. The molecule has 9 fully saturated rings. The van der Waals surface area contributed by atoms with E-state index in [-0.39, 0.29) is 33.7 Å². The third-order valence-corrected chi connectivity index (χ3v) is 14.1. The van der Waals surface area contributed by atoms with Crippen LogP contribution in [-0.2, 0) is 57.4 Å². The van der Waals surface area contributed by atoms with Gasteiger partial charge in [-0.1, -0.05) is 119 Å². The fourth-order valence-electron chi connectivity index (χ4n) is 9.53. The molecule has 9 saturated carbocycles. The Morgan fingerprint density at radius 1 is 0.441 bits per heavy atom. The molecule has 6 bridgehead atoms. The largest absolute Gasteiger partial charge is 3.00 e. The van der Waals surface area contributed by atoms with Gasteiger partial charge in [-0.05, 0) is 53.3 Å². The van der Waals surface area contributed by atoms with Crippen molar-refractivity contribution >= 4 is 37.9 Å². The van der Waals surface area contributed by atoms with E-state index < -0.39 is 0 Å². The van der Waals surface area contributed by atoms with Gasteiger partial charge in [-0.15, -0.1) is 0 Å². The molecule has 0 aromatic carbocycles. The Kier molecular flexibility index (Phi) is 8.35. The summed E-state index contributed by atoms with van der Waals surface area (Å²) >= 11 is 16.8. The first-order chi connectivity index (χ1) is 14.8. The molecule has 0 radical (unpaired) electrons. The number of hydrogen-bond donors (Lipinski definition) is 0. The van der Waals surface area contributed by atoms with Crippen LogP contribution < -0.4 is 0 Å². The van der Waals surface area contributed by atoms with E-state index in [0.717, 1.165) is 35.5 Å². The standard InChI is InChI=1S/3C10H18S.Rh/c3*1-9(2)7-4-5-10(3,11)8(9)6-7;/h3*7-8,11H,4-6H2,1-3H3;/q;;;+3/p-3. The molecular weight excluding hydrogens is 559 g/mol. The zero-order valence-corrected chi connectivity index (χ0v) is 27.5. The summed E-state index contributed by atoms with van der Waals surface area (Å²) in [6, 6.07) is 0. The molecule has 0 aromatic rings. The molecule has 9 rings (SSSR count). The van der Waals surface area contributed by atoms with E-state index in [1.807, 2.05) is 0 Å². The maximum Gasteiger partial charge on any atom is 3.00 e. The van der Waals surface area contributed by atoms with Crippen molar-refractivity contribution in [2.45, 2.75) is 134 Å². The van der Waals surface area contributed by atoms with Gasteiger partial charge in [-0.25, -0.2) is 0 Å². The molecule has 4 heteroatoms. The first-order valence-electron chi connectivity index (χ1n) is 13.9. The van der Waals surface area contributed by atoms with Gasteiger partial charge in [0, 0.05) is 0 Å². The molecule has 9 aliphatic carbocycles. The molecule has 9 unspecified atom stereocenters. The van der Waals surface area contributed by atoms with Gasteiger partial charge < -0.3 is 37.9 Å². The summed E-state index contributed by atoms with van der Waals surface area (Å²) in [6.07, 6.45) is 12.2. The van der Waals surface area contributed by atoms with Gasteiger partial charge in [0.2, 0.25) is 0 Å². The van der Waals surface area contributed by atoms with Gasteiger partial charge in [0.05, 0.1) is 0 Å². The summed E-state index contributed by atoms with van der Waals surface area (Å²) in [7, 11) is 0. The van der Waals surface area contributed by atoms with Crippen LogP contribution in [0.25, 0.3) is 0 Å². The van der Waals surface area contributed by atoms with E-state index in [1.54, 1.807) is 0 Å². The molecule has 34 heavy (non-hydrogen) atoms. The molecule has 0 aliphatic heterocycles. The van der Waals surface area contributed by atoms with E-state index in [9.17, 15) is 0 Å². The van der Waals surface area contributed by atoms with Gasteiger partial charge in [0.15, 0.2) is 0 Å². The second-order valence-electron chi connectivity index (χ2n) is 15.5. The molecule has 9 aliphatic rings. The van der Waals surface area contributed by atoms with Crippen molar-refractivity contribution in [1.29, 1.82) is 0 Å². The summed E-state index contributed by atoms with van der Waals surface area (Å²) in [4.78, 5) is 0. The van der Waals surface area contributed by atoms with Crippen molar-refractivity contribution < 1.29 is 19.5 Å². The van der Waals surface area contributed by atoms with Crippen molar-refractivity contribution in [2.24, 2.45) is 51.8 Å². The van der Waals surface area contributed by atoms with Crippen molar-refractivity contribution in [2.75, 3.05) is 0 Å². The summed E-state index contributed by atoms with van der Waals surface area (Å²) in [5.74, 6) is 5.44. The molecule has 198 valence electrons. The Hall–Kier alpha value is 1.67. The minimum atomic E-state index is 0. The normalized spacial score (nSPS) is 51.9. The predicted octanol–water partition coefficient (Wildman–Crippen LogP) is 8.24. The van der Waals surface area contributed by atoms with E-state index >= 15 is 0 Å². The summed E-state index contributed by atoms with van der Waals surface area (Å²) in [5.41, 5.74) is 1.69. The zero-order valence-electron chi connectivity index (χ0n) is 23.4. The predicted molar refractivity (Wildman–Crippen MR) is 151 cm³/mol. The van der Waals surface area contributed by atoms with Crippen LogP contribution >= 0.6 is 0 Å². The zero-order chi connectivity index (χ0) is 24.8. The Labute approximate surface area is 242 Å². The summed E-state index contributed by atoms with van der Waals surface area (Å²) in [5, 5.41) is 0. The van der Waals surface area contributed by atoms with Gasteiger partial charge in [-0.3, -0.25) is 0 Å². The van der Waals surface area contributed by atoms with Crippen molar-refractivity contribution in [3.63, 3.8) is 0 Å². The summed E-state index contributed by atoms with van der Waals surface area (Å²) in [6.45, 7) is 21.2. The molecule has 0 spiro atoms. The maximum atomic E-state index is 5.60. The monoisotopic (exact) mass is 610 g/mol. The number of rotatable bonds is 0. The van der Waals surface area contributed by atoms with Crippen LogP contribution in [0.15, 0.2) is 0 Å². The topological polar surface area (TPSA) is 0 Å². The number of hydrogen-bond acceptors (Lipinski definition) is 3. The van der Waals surface area contributed by atoms with Gasteiger partial charge in [0.25, 0.3) is 0 Å². The SMILES string of the molecule is CC1([S-])CCC2CC1C2(C)C.CC1([S-])CCC2CC1C2(C)C.CC1([S-])CCC2CC1C2(C)C.[Rh+3]. The second kappa shape index (κ2) is 9.40. The summed E-state index contributed by atoms with van der Waals surface area (Å²) < 4.78 is 0.661. The first-order valence-corrected chi connectivity index (χ1v) is 15.2. The van der Waals surface area contributed by atoms with E-state index in [4.69, 9.17) is 37.9 Å². The number of fused-ring (bicyclic) bond motifs is 6. The molecule has 0 aromatic heterocycles. The average molecular weight is 611 g/mol. The van der Waals surface area contributed by atoms with E-state index in [2.05, 4.69) is 62.3 Å². The smallest absolute Gasteiger partial charge is 0.786 e. The van der Waals surface area contributed by atoms with Crippen LogP contribution in [0.5, 0.6) is 0 Å². The molecule has 0 amide bonds. The Balaban J connectivity index is 0.000000141. The van der Waals surface area contributed by atoms with E-state index in [1.165, 1.54) is 57.8 Å². The molecule has 0 saturated heterocycles. The van der Waals surface area contributed by atoms with E-state index in [0.29, 0.717) is 16.2 Å². The van der Waals surface area contributed by atoms with Crippen molar-refractivity contribution in [3.05, 3.63) is 0 Å². The molecule has 0 heterocycles. The first kappa shape index (κ1) is 30.2. The average Bonchev–Trinajstić information content (AvgIpc) is 2.65. The molecular formula is C30H51RhS3. The fourth-order valence-corrected chi connectivity index (χ4v) is 11.1.